The van der Waals surface area contributed by atoms with Crippen LogP contribution in [0.25, 0.3) is 88.0 Å². The highest BCUT2D eigenvalue weighted by molar-refractivity contribution is 6.09. The fraction of sp³-hybridized carbons (Fsp3) is 0. The van der Waals surface area contributed by atoms with Crippen molar-refractivity contribution < 1.29 is 4.42 Å². The second-order valence-electron chi connectivity index (χ2n) is 15.0. The Hall–Kier alpha value is -7.68. The highest BCUT2D eigenvalue weighted by atomic mass is 16.3. The van der Waals surface area contributed by atoms with Gasteiger partial charge >= 0.3 is 0 Å². The van der Waals surface area contributed by atoms with Crippen molar-refractivity contribution in [2.75, 3.05) is 4.90 Å². The van der Waals surface area contributed by atoms with Crippen LogP contribution in [0.3, 0.4) is 0 Å². The number of anilines is 3. The Kier molecular flexibility index (Phi) is 8.19. The Morgan fingerprint density at radius 2 is 0.741 bits per heavy atom. The molecule has 11 aromatic rings. The molecule has 0 aliphatic carbocycles. The van der Waals surface area contributed by atoms with Gasteiger partial charge in [0.05, 0.1) is 0 Å². The summed E-state index contributed by atoms with van der Waals surface area (Å²) >= 11 is 0. The molecule has 2 nitrogen and oxygen atoms in total. The Labute approximate surface area is 337 Å². The average molecular weight is 740 g/mol. The standard InChI is InChI=1S/C56H37NO/c1-2-10-38(11-3-1)40-20-27-48(28-21-40)57(50-31-24-39-12-4-5-14-45(39)35-50)49-29-22-41(23-30-49)43-16-8-17-44(34-43)46-25-32-55-53(36-46)54-37-47(26-33-56(54)58-55)52-19-9-15-42-13-6-7-18-51(42)52/h1-37H. The lowest BCUT2D eigenvalue weighted by atomic mass is 9.96. The summed E-state index contributed by atoms with van der Waals surface area (Å²) in [6.07, 6.45) is 0. The van der Waals surface area contributed by atoms with Crippen molar-refractivity contribution in [2.24, 2.45) is 0 Å². The summed E-state index contributed by atoms with van der Waals surface area (Å²) in [7, 11) is 0. The van der Waals surface area contributed by atoms with E-state index in [1.807, 2.05) is 0 Å². The SMILES string of the molecule is c1ccc(-c2ccc(N(c3ccc(-c4cccc(-c5ccc6oc7ccc(-c8cccc9ccccc89)cc7c6c5)c4)cc3)c3ccc4ccccc4c3)cc2)cc1. The molecular weight excluding hydrogens is 703 g/mol. The molecule has 11 rings (SSSR count). The van der Waals surface area contributed by atoms with Crippen LogP contribution < -0.4 is 4.90 Å². The summed E-state index contributed by atoms with van der Waals surface area (Å²) < 4.78 is 6.35. The lowest BCUT2D eigenvalue weighted by Crippen LogP contribution is -2.09. The first kappa shape index (κ1) is 33.6. The molecule has 0 saturated heterocycles. The molecule has 0 bridgehead atoms. The highest BCUT2D eigenvalue weighted by Crippen LogP contribution is 2.40. The molecule has 10 aromatic carbocycles. The summed E-state index contributed by atoms with van der Waals surface area (Å²) in [5.41, 5.74) is 14.6. The molecule has 0 spiro atoms. The molecule has 1 aromatic heterocycles. The monoisotopic (exact) mass is 739 g/mol. The Balaban J connectivity index is 0.936. The van der Waals surface area contributed by atoms with Crippen molar-refractivity contribution in [3.8, 4) is 44.5 Å². The number of furan rings is 1. The lowest BCUT2D eigenvalue weighted by molar-refractivity contribution is 0.669. The van der Waals surface area contributed by atoms with Crippen LogP contribution in [0.2, 0.25) is 0 Å². The molecule has 58 heavy (non-hydrogen) atoms. The first-order valence-electron chi connectivity index (χ1n) is 19.8. The summed E-state index contributed by atoms with van der Waals surface area (Å²) in [6, 6.07) is 80.7. The zero-order valence-corrected chi connectivity index (χ0v) is 31.7. The zero-order chi connectivity index (χ0) is 38.4. The van der Waals surface area contributed by atoms with Crippen molar-refractivity contribution in [2.45, 2.75) is 0 Å². The summed E-state index contributed by atoms with van der Waals surface area (Å²) in [5.74, 6) is 0. The van der Waals surface area contributed by atoms with Gasteiger partial charge in [-0.1, -0.05) is 158 Å². The number of benzene rings is 10. The van der Waals surface area contributed by atoms with E-state index in [1.165, 1.54) is 54.9 Å². The van der Waals surface area contributed by atoms with Crippen LogP contribution in [0.4, 0.5) is 17.1 Å². The Bertz CT molecular complexity index is 3260. The van der Waals surface area contributed by atoms with Gasteiger partial charge in [-0.3, -0.25) is 0 Å². The van der Waals surface area contributed by atoms with E-state index >= 15 is 0 Å². The van der Waals surface area contributed by atoms with Crippen LogP contribution in [-0.4, -0.2) is 0 Å². The normalized spacial score (nSPS) is 11.4. The number of nitrogens with zero attached hydrogens (tertiary/aromatic N) is 1. The van der Waals surface area contributed by atoms with E-state index in [0.717, 1.165) is 50.1 Å². The number of hydrogen-bond donors (Lipinski definition) is 0. The van der Waals surface area contributed by atoms with Crippen molar-refractivity contribution >= 4 is 60.5 Å². The largest absolute Gasteiger partial charge is 0.456 e. The molecule has 0 atom stereocenters. The third kappa shape index (κ3) is 6.09. The van der Waals surface area contributed by atoms with Crippen LogP contribution in [0, 0.1) is 0 Å². The van der Waals surface area contributed by atoms with Gasteiger partial charge in [0.15, 0.2) is 0 Å². The molecule has 0 amide bonds. The van der Waals surface area contributed by atoms with E-state index in [2.05, 4.69) is 229 Å². The van der Waals surface area contributed by atoms with Gasteiger partial charge < -0.3 is 9.32 Å². The van der Waals surface area contributed by atoms with Gasteiger partial charge in [0.25, 0.3) is 0 Å². The fourth-order valence-electron chi connectivity index (χ4n) is 8.48. The quantitative estimate of drug-likeness (QED) is 0.162. The second-order valence-corrected chi connectivity index (χ2v) is 15.0. The smallest absolute Gasteiger partial charge is 0.135 e. The van der Waals surface area contributed by atoms with Gasteiger partial charge in [-0.05, 0) is 133 Å². The Morgan fingerprint density at radius 1 is 0.259 bits per heavy atom. The average Bonchev–Trinajstić information content (AvgIpc) is 3.67. The maximum atomic E-state index is 6.35. The van der Waals surface area contributed by atoms with Gasteiger partial charge in [0.2, 0.25) is 0 Å². The third-order valence-electron chi connectivity index (χ3n) is 11.4. The van der Waals surface area contributed by atoms with Crippen LogP contribution in [0.15, 0.2) is 229 Å². The summed E-state index contributed by atoms with van der Waals surface area (Å²) in [4.78, 5) is 2.34. The molecular formula is C56H37NO. The van der Waals surface area contributed by atoms with Gasteiger partial charge in [-0.2, -0.15) is 0 Å². The van der Waals surface area contributed by atoms with E-state index in [4.69, 9.17) is 4.42 Å². The predicted molar refractivity (Wildman–Crippen MR) is 245 cm³/mol. The van der Waals surface area contributed by atoms with Crippen LogP contribution in [0.1, 0.15) is 0 Å². The van der Waals surface area contributed by atoms with Crippen molar-refractivity contribution in [1.82, 2.24) is 0 Å². The molecule has 1 heterocycles. The first-order valence-corrected chi connectivity index (χ1v) is 19.8. The van der Waals surface area contributed by atoms with Gasteiger partial charge in [0.1, 0.15) is 11.2 Å². The molecule has 0 radical (unpaired) electrons. The van der Waals surface area contributed by atoms with E-state index in [9.17, 15) is 0 Å². The molecule has 0 fully saturated rings. The minimum absolute atomic E-state index is 0.895. The van der Waals surface area contributed by atoms with Crippen molar-refractivity contribution in [3.63, 3.8) is 0 Å². The molecule has 0 N–H and O–H groups in total. The van der Waals surface area contributed by atoms with Crippen molar-refractivity contribution in [1.29, 1.82) is 0 Å². The molecule has 272 valence electrons. The van der Waals surface area contributed by atoms with Gasteiger partial charge in [0, 0.05) is 27.8 Å². The topological polar surface area (TPSA) is 16.4 Å². The molecule has 0 unspecified atom stereocenters. The summed E-state index contributed by atoms with van der Waals surface area (Å²) in [5, 5.41) is 7.18. The van der Waals surface area contributed by atoms with Crippen LogP contribution in [-0.2, 0) is 0 Å². The molecule has 0 aliphatic heterocycles. The predicted octanol–water partition coefficient (Wildman–Crippen LogP) is 16.0. The number of fused-ring (bicyclic) bond motifs is 5. The zero-order valence-electron chi connectivity index (χ0n) is 31.7. The number of rotatable bonds is 7. The minimum atomic E-state index is 0.895. The first-order chi connectivity index (χ1) is 28.7. The van der Waals surface area contributed by atoms with Crippen molar-refractivity contribution in [3.05, 3.63) is 224 Å². The third-order valence-corrected chi connectivity index (χ3v) is 11.4. The fourth-order valence-corrected chi connectivity index (χ4v) is 8.48. The van der Waals surface area contributed by atoms with Crippen LogP contribution in [0.5, 0.6) is 0 Å². The molecule has 0 aliphatic rings. The molecule has 2 heteroatoms. The lowest BCUT2D eigenvalue weighted by Gasteiger charge is -2.26. The summed E-state index contributed by atoms with van der Waals surface area (Å²) in [6.45, 7) is 0. The van der Waals surface area contributed by atoms with Gasteiger partial charge in [-0.15, -0.1) is 0 Å². The van der Waals surface area contributed by atoms with E-state index in [1.54, 1.807) is 0 Å². The van der Waals surface area contributed by atoms with E-state index in [-0.39, 0.29) is 0 Å². The minimum Gasteiger partial charge on any atom is -0.456 e. The maximum absolute atomic E-state index is 6.35. The number of hydrogen-bond acceptors (Lipinski definition) is 2. The van der Waals surface area contributed by atoms with Crippen LogP contribution >= 0.6 is 0 Å². The van der Waals surface area contributed by atoms with E-state index in [0.29, 0.717) is 0 Å². The maximum Gasteiger partial charge on any atom is 0.135 e. The second kappa shape index (κ2) is 14.1. The van der Waals surface area contributed by atoms with Gasteiger partial charge in [-0.25, -0.2) is 0 Å². The van der Waals surface area contributed by atoms with E-state index < -0.39 is 0 Å². The Morgan fingerprint density at radius 3 is 1.48 bits per heavy atom. The highest BCUT2D eigenvalue weighted by Gasteiger charge is 2.15. The molecule has 0 saturated carbocycles.